The number of anilines is 1. The van der Waals surface area contributed by atoms with Gasteiger partial charge in [0.25, 0.3) is 11.8 Å². The van der Waals surface area contributed by atoms with Crippen LogP contribution in [0.25, 0.3) is 0 Å². The number of phenols is 1. The summed E-state index contributed by atoms with van der Waals surface area (Å²) in [6.45, 7) is 1.59. The highest BCUT2D eigenvalue weighted by Gasteiger charge is 2.34. The number of phenolic OH excluding ortho intramolecular Hbond substituents is 1. The first-order chi connectivity index (χ1) is 19.6. The first-order valence-corrected chi connectivity index (χ1v) is 12.7. The van der Waals surface area contributed by atoms with Gasteiger partial charge < -0.3 is 35.7 Å². The molecule has 12 nitrogen and oxygen atoms in total. The minimum atomic E-state index is -1.30. The van der Waals surface area contributed by atoms with Crippen LogP contribution in [-0.2, 0) is 4.79 Å². The maximum absolute atomic E-state index is 15.8. The number of carbonyl (C=O) groups is 1. The summed E-state index contributed by atoms with van der Waals surface area (Å²) in [7, 11) is 1.89. The van der Waals surface area contributed by atoms with Crippen molar-refractivity contribution in [1.29, 1.82) is 5.41 Å². The molecule has 0 aliphatic carbocycles. The van der Waals surface area contributed by atoms with E-state index in [2.05, 4.69) is 15.4 Å². The molecular formula is C27H27F2N7O5. The van der Waals surface area contributed by atoms with Crippen LogP contribution in [0.3, 0.4) is 0 Å². The van der Waals surface area contributed by atoms with E-state index < -0.39 is 46.8 Å². The van der Waals surface area contributed by atoms with Crippen molar-refractivity contribution in [2.45, 2.75) is 18.9 Å². The van der Waals surface area contributed by atoms with Crippen molar-refractivity contribution < 1.29 is 33.3 Å². The van der Waals surface area contributed by atoms with Crippen LogP contribution in [0.4, 0.5) is 14.5 Å². The highest BCUT2D eigenvalue weighted by atomic mass is 19.1. The van der Waals surface area contributed by atoms with Gasteiger partial charge in [-0.2, -0.15) is 13.8 Å². The minimum absolute atomic E-state index is 0.173. The van der Waals surface area contributed by atoms with Gasteiger partial charge in [0.2, 0.25) is 11.6 Å². The van der Waals surface area contributed by atoms with Gasteiger partial charge in [-0.25, -0.2) is 5.01 Å². The van der Waals surface area contributed by atoms with Crippen molar-refractivity contribution in [3.63, 3.8) is 0 Å². The number of aromatic nitrogens is 1. The number of pyridine rings is 1. The topological polar surface area (TPSA) is 170 Å². The zero-order chi connectivity index (χ0) is 29.3. The molecule has 2 aromatic carbocycles. The Morgan fingerprint density at radius 2 is 1.90 bits per heavy atom. The molecule has 1 unspecified atom stereocenters. The summed E-state index contributed by atoms with van der Waals surface area (Å²) in [4.78, 5) is 22.0. The number of ether oxygens (including phenoxy) is 2. The number of rotatable bonds is 9. The number of amidine groups is 2. The number of aromatic hydroxyl groups is 1. The van der Waals surface area contributed by atoms with E-state index in [4.69, 9.17) is 20.6 Å². The average molecular weight is 568 g/mol. The Kier molecular flexibility index (Phi) is 7.57. The number of hydrogen-bond acceptors (Lipinski definition) is 10. The quantitative estimate of drug-likeness (QED) is 0.191. The molecule has 214 valence electrons. The number of halogens is 2. The Labute approximate surface area is 233 Å². The van der Waals surface area contributed by atoms with Crippen molar-refractivity contribution in [2.24, 2.45) is 10.7 Å². The Morgan fingerprint density at radius 3 is 2.59 bits per heavy atom. The normalized spacial score (nSPS) is 16.9. The molecule has 0 radical (unpaired) electrons. The van der Waals surface area contributed by atoms with Crippen LogP contribution in [0.15, 0.2) is 47.5 Å². The lowest BCUT2D eigenvalue weighted by atomic mass is 10.2. The fraction of sp³-hybridized carbons (Fsp3) is 0.259. The second kappa shape index (κ2) is 11.3. The highest BCUT2D eigenvalue weighted by molar-refractivity contribution is 6.00. The molecule has 3 aromatic rings. The van der Waals surface area contributed by atoms with E-state index in [9.17, 15) is 15.0 Å². The predicted molar refractivity (Wildman–Crippen MR) is 145 cm³/mol. The van der Waals surface area contributed by atoms with Crippen LogP contribution in [0, 0.1) is 17.0 Å². The summed E-state index contributed by atoms with van der Waals surface area (Å²) in [5.41, 5.74) is 8.18. The molecule has 5 rings (SSSR count). The van der Waals surface area contributed by atoms with Gasteiger partial charge in [-0.1, -0.05) is 12.1 Å². The third-order valence-corrected chi connectivity index (χ3v) is 6.65. The molecule has 0 spiro atoms. The van der Waals surface area contributed by atoms with Crippen LogP contribution in [0.1, 0.15) is 24.0 Å². The molecule has 1 atom stereocenters. The summed E-state index contributed by atoms with van der Waals surface area (Å²) in [5.74, 6) is -5.28. The molecule has 2 aliphatic rings. The third kappa shape index (κ3) is 5.68. The zero-order valence-electron chi connectivity index (χ0n) is 21.9. The first kappa shape index (κ1) is 27.6. The number of nitrogen functional groups attached to an aromatic ring is 1. The average Bonchev–Trinajstić information content (AvgIpc) is 3.59. The van der Waals surface area contributed by atoms with Crippen molar-refractivity contribution in [1.82, 2.24) is 14.9 Å². The monoisotopic (exact) mass is 567 g/mol. The van der Waals surface area contributed by atoms with E-state index in [-0.39, 0.29) is 35.9 Å². The van der Waals surface area contributed by atoms with Gasteiger partial charge in [-0.05, 0) is 43.2 Å². The van der Waals surface area contributed by atoms with E-state index in [1.54, 1.807) is 18.2 Å². The molecule has 41 heavy (non-hydrogen) atoms. The van der Waals surface area contributed by atoms with E-state index in [0.717, 1.165) is 12.4 Å². The largest absolute Gasteiger partial charge is 0.504 e. The predicted octanol–water partition coefficient (Wildman–Crippen LogP) is 3.50. The molecule has 1 aromatic heterocycles. The van der Waals surface area contributed by atoms with Crippen molar-refractivity contribution in [3.8, 4) is 29.0 Å². The number of hydrogen-bond donors (Lipinski definition) is 5. The Bertz CT molecular complexity index is 1550. The number of nitrogens with zero attached hydrogens (tertiary/aromatic N) is 4. The second-order valence-electron chi connectivity index (χ2n) is 9.48. The van der Waals surface area contributed by atoms with E-state index >= 15 is 8.78 Å². The van der Waals surface area contributed by atoms with Gasteiger partial charge in [-0.3, -0.25) is 15.2 Å². The molecule has 0 bridgehead atoms. The maximum Gasteiger partial charge on any atom is 0.322 e. The first-order valence-electron chi connectivity index (χ1n) is 12.7. The minimum Gasteiger partial charge on any atom is -0.504 e. The van der Waals surface area contributed by atoms with E-state index in [0.29, 0.717) is 18.5 Å². The number of aliphatic imine (C=N–C) groups is 1. The van der Waals surface area contributed by atoms with Crippen LogP contribution in [0.2, 0.25) is 0 Å². The number of nitrogens with two attached hydrogens (primary N) is 1. The lowest BCUT2D eigenvalue weighted by Crippen LogP contribution is -2.40. The van der Waals surface area contributed by atoms with Crippen LogP contribution < -0.4 is 20.6 Å². The molecule has 0 saturated carbocycles. The van der Waals surface area contributed by atoms with Crippen LogP contribution >= 0.6 is 0 Å². The maximum atomic E-state index is 15.8. The van der Waals surface area contributed by atoms with Crippen LogP contribution in [0.5, 0.6) is 29.0 Å². The Morgan fingerprint density at radius 1 is 1.15 bits per heavy atom. The number of nitrogens with one attached hydrogen (secondary N) is 2. The Hall–Kier alpha value is -4.98. The number of carboxylic acid groups (broad SMARTS) is 1. The molecule has 2 aliphatic heterocycles. The lowest BCUT2D eigenvalue weighted by Gasteiger charge is -2.24. The molecule has 14 heteroatoms. The number of aliphatic carboxylic acids is 1. The number of benzene rings is 2. The molecule has 3 heterocycles. The molecule has 0 amide bonds. The van der Waals surface area contributed by atoms with E-state index in [1.807, 2.05) is 18.0 Å². The Balaban J connectivity index is 1.55. The van der Waals surface area contributed by atoms with Gasteiger partial charge in [0.1, 0.15) is 29.1 Å². The van der Waals surface area contributed by atoms with Gasteiger partial charge in [0, 0.05) is 31.3 Å². The van der Waals surface area contributed by atoms with Crippen molar-refractivity contribution in [2.75, 3.05) is 32.1 Å². The second-order valence-corrected chi connectivity index (χ2v) is 9.48. The SMILES string of the molecule is CN1CCN=C1c1cccc(Oc2nc(Oc3cc(C(=N)N)ccc3O)c(F)c(NN3CCCC3C(=O)O)c2F)c1. The molecule has 6 N–H and O–H groups in total. The third-order valence-electron chi connectivity index (χ3n) is 6.65. The van der Waals surface area contributed by atoms with Crippen molar-refractivity contribution >= 4 is 23.3 Å². The highest BCUT2D eigenvalue weighted by Crippen LogP contribution is 2.39. The van der Waals surface area contributed by atoms with Gasteiger partial charge >= 0.3 is 5.97 Å². The van der Waals surface area contributed by atoms with Gasteiger partial charge in [0.15, 0.2) is 11.5 Å². The molecule has 1 fully saturated rings. The fourth-order valence-corrected chi connectivity index (χ4v) is 4.56. The summed E-state index contributed by atoms with van der Waals surface area (Å²) in [5, 5.41) is 28.6. The summed E-state index contributed by atoms with van der Waals surface area (Å²) in [6.07, 6.45) is 0.766. The van der Waals surface area contributed by atoms with Gasteiger partial charge in [-0.15, -0.1) is 0 Å². The number of likely N-dealkylation sites (N-methyl/N-ethyl adjacent to an activating group) is 1. The summed E-state index contributed by atoms with van der Waals surface area (Å²) < 4.78 is 42.8. The summed E-state index contributed by atoms with van der Waals surface area (Å²) >= 11 is 0. The standard InChI is InChI=1S/C27H27F2N7O5/c1-35-11-9-32-24(35)15-4-2-5-16(12-15)40-25-20(28)22(34-36-10-3-6-17(36)27(38)39)21(29)26(33-25)41-19-13-14(23(30)31)7-8-18(19)37/h2,4-5,7-8,12-13,17,37H,3,6,9-11H2,1H3,(H3,30,31)(H,33,34)(H,38,39). The smallest absolute Gasteiger partial charge is 0.322 e. The van der Waals surface area contributed by atoms with Crippen LogP contribution in [-0.4, -0.2) is 75.5 Å². The number of carboxylic acids is 1. The lowest BCUT2D eigenvalue weighted by molar-refractivity contribution is -0.141. The van der Waals surface area contributed by atoms with Gasteiger partial charge in [0.05, 0.1) is 6.54 Å². The van der Waals surface area contributed by atoms with E-state index in [1.165, 1.54) is 23.2 Å². The fourth-order valence-electron chi connectivity index (χ4n) is 4.56. The zero-order valence-corrected chi connectivity index (χ0v) is 21.9. The number of hydrazine groups is 1. The molecular weight excluding hydrogens is 540 g/mol. The molecule has 1 saturated heterocycles. The summed E-state index contributed by atoms with van der Waals surface area (Å²) in [6, 6.07) is 9.41. The van der Waals surface area contributed by atoms with Crippen molar-refractivity contribution in [3.05, 3.63) is 65.2 Å².